The van der Waals surface area contributed by atoms with Crippen molar-refractivity contribution in [2.24, 2.45) is 0 Å². The number of aryl methyl sites for hydroxylation is 1. The molecule has 0 unspecified atom stereocenters. The quantitative estimate of drug-likeness (QED) is 0.573. The highest BCUT2D eigenvalue weighted by molar-refractivity contribution is 9.10. The fourth-order valence-electron chi connectivity index (χ4n) is 2.33. The summed E-state index contributed by atoms with van der Waals surface area (Å²) in [6.45, 7) is 0.692. The number of carbonyl (C=O) groups excluding carboxylic acids is 1. The Balaban J connectivity index is 1.65. The fourth-order valence-corrected chi connectivity index (χ4v) is 2.79. The van der Waals surface area contributed by atoms with E-state index in [1.165, 1.54) is 10.7 Å². The standard InChI is InChI=1S/C17H15BrClN5O3/c18-12-3-1-11(2-4-12)9-24-10-13(19)16(22-24)20-17(27)14-5-7-23(21-14)8-6-15(25)26/h1-5,7,10H,6,8-9H2,(H,25,26)(H,20,22,27). The Bertz CT molecular complexity index is 967. The van der Waals surface area contributed by atoms with E-state index in [1.807, 2.05) is 24.3 Å². The Morgan fingerprint density at radius 2 is 1.89 bits per heavy atom. The molecule has 1 amide bonds. The fraction of sp³-hybridized carbons (Fsp3) is 0.176. The maximum Gasteiger partial charge on any atom is 0.305 e. The van der Waals surface area contributed by atoms with E-state index < -0.39 is 11.9 Å². The maximum atomic E-state index is 12.3. The van der Waals surface area contributed by atoms with Crippen molar-refractivity contribution < 1.29 is 14.7 Å². The van der Waals surface area contributed by atoms with Gasteiger partial charge in [-0.15, -0.1) is 0 Å². The molecule has 3 aromatic rings. The van der Waals surface area contributed by atoms with E-state index in [9.17, 15) is 9.59 Å². The number of halogens is 2. The lowest BCUT2D eigenvalue weighted by Gasteiger charge is -2.02. The van der Waals surface area contributed by atoms with Gasteiger partial charge in [-0.25, -0.2) is 0 Å². The number of carbonyl (C=O) groups is 2. The zero-order chi connectivity index (χ0) is 19.4. The molecule has 27 heavy (non-hydrogen) atoms. The minimum absolute atomic E-state index is 0.0744. The number of anilines is 1. The van der Waals surface area contributed by atoms with E-state index in [0.29, 0.717) is 11.6 Å². The number of rotatable bonds is 7. The lowest BCUT2D eigenvalue weighted by atomic mass is 10.2. The van der Waals surface area contributed by atoms with Gasteiger partial charge in [0.05, 0.1) is 19.5 Å². The number of nitrogens with zero attached hydrogens (tertiary/aromatic N) is 4. The number of benzene rings is 1. The first-order chi connectivity index (χ1) is 12.9. The third kappa shape index (κ3) is 5.18. The van der Waals surface area contributed by atoms with Crippen LogP contribution in [-0.4, -0.2) is 36.5 Å². The van der Waals surface area contributed by atoms with Crippen LogP contribution >= 0.6 is 27.5 Å². The number of aliphatic carboxylic acids is 1. The Morgan fingerprint density at radius 1 is 1.15 bits per heavy atom. The van der Waals surface area contributed by atoms with Gasteiger partial charge in [0.2, 0.25) is 0 Å². The van der Waals surface area contributed by atoms with Crippen LogP contribution in [0.25, 0.3) is 0 Å². The van der Waals surface area contributed by atoms with Crippen LogP contribution in [0.1, 0.15) is 22.5 Å². The van der Waals surface area contributed by atoms with E-state index in [4.69, 9.17) is 16.7 Å². The Morgan fingerprint density at radius 3 is 2.59 bits per heavy atom. The van der Waals surface area contributed by atoms with Crippen molar-refractivity contribution in [2.75, 3.05) is 5.32 Å². The highest BCUT2D eigenvalue weighted by atomic mass is 79.9. The number of nitrogens with one attached hydrogen (secondary N) is 1. The predicted molar refractivity (Wildman–Crippen MR) is 103 cm³/mol. The molecule has 0 atom stereocenters. The number of carboxylic acids is 1. The minimum Gasteiger partial charge on any atom is -0.481 e. The third-order valence-corrected chi connectivity index (χ3v) is 4.44. The summed E-state index contributed by atoms with van der Waals surface area (Å²) in [4.78, 5) is 22.9. The van der Waals surface area contributed by atoms with Gasteiger partial charge in [-0.05, 0) is 23.8 Å². The van der Waals surface area contributed by atoms with Crippen molar-refractivity contribution in [3.63, 3.8) is 0 Å². The molecular formula is C17H15BrClN5O3. The molecule has 3 rings (SSSR count). The summed E-state index contributed by atoms with van der Waals surface area (Å²) in [5.41, 5.74) is 1.19. The topological polar surface area (TPSA) is 102 Å². The number of hydrogen-bond acceptors (Lipinski definition) is 4. The molecule has 0 bridgehead atoms. The van der Waals surface area contributed by atoms with Crippen LogP contribution in [0.15, 0.2) is 47.2 Å². The summed E-state index contributed by atoms with van der Waals surface area (Å²) >= 11 is 9.55. The molecule has 140 valence electrons. The smallest absolute Gasteiger partial charge is 0.305 e. The largest absolute Gasteiger partial charge is 0.481 e. The summed E-state index contributed by atoms with van der Waals surface area (Å²) in [7, 11) is 0. The average molecular weight is 453 g/mol. The average Bonchev–Trinajstić information content (AvgIpc) is 3.22. The zero-order valence-electron chi connectivity index (χ0n) is 14.0. The summed E-state index contributed by atoms with van der Waals surface area (Å²) in [5, 5.41) is 20.0. The molecule has 2 N–H and O–H groups in total. The van der Waals surface area contributed by atoms with Gasteiger partial charge in [0, 0.05) is 16.9 Å². The van der Waals surface area contributed by atoms with Gasteiger partial charge in [0.25, 0.3) is 5.91 Å². The van der Waals surface area contributed by atoms with Gasteiger partial charge >= 0.3 is 5.97 Å². The molecule has 0 fully saturated rings. The third-order valence-electron chi connectivity index (χ3n) is 3.63. The number of carboxylic acid groups (broad SMARTS) is 1. The van der Waals surface area contributed by atoms with Crippen LogP contribution in [0, 0.1) is 0 Å². The van der Waals surface area contributed by atoms with E-state index in [1.54, 1.807) is 17.1 Å². The van der Waals surface area contributed by atoms with Crippen LogP contribution in [0.4, 0.5) is 5.82 Å². The van der Waals surface area contributed by atoms with Crippen LogP contribution < -0.4 is 5.32 Å². The Labute approximate surface area is 167 Å². The lowest BCUT2D eigenvalue weighted by Crippen LogP contribution is -2.15. The first-order valence-electron chi connectivity index (χ1n) is 7.95. The Kier molecular flexibility index (Phi) is 5.92. The van der Waals surface area contributed by atoms with Crippen LogP contribution in [0.3, 0.4) is 0 Å². The summed E-state index contributed by atoms with van der Waals surface area (Å²) in [5.74, 6) is -1.17. The van der Waals surface area contributed by atoms with E-state index in [-0.39, 0.29) is 24.5 Å². The molecule has 0 aliphatic carbocycles. The van der Waals surface area contributed by atoms with Crippen molar-refractivity contribution in [1.82, 2.24) is 19.6 Å². The van der Waals surface area contributed by atoms with Crippen molar-refractivity contribution in [1.29, 1.82) is 0 Å². The monoisotopic (exact) mass is 451 g/mol. The van der Waals surface area contributed by atoms with Gasteiger partial charge in [-0.3, -0.25) is 19.0 Å². The highest BCUT2D eigenvalue weighted by Gasteiger charge is 2.15. The van der Waals surface area contributed by atoms with Gasteiger partial charge in [-0.1, -0.05) is 39.7 Å². The number of amides is 1. The molecule has 0 spiro atoms. The van der Waals surface area contributed by atoms with Crippen LogP contribution in [0.2, 0.25) is 5.02 Å². The van der Waals surface area contributed by atoms with Crippen molar-refractivity contribution in [2.45, 2.75) is 19.5 Å². The van der Waals surface area contributed by atoms with E-state index in [0.717, 1.165) is 10.0 Å². The first kappa shape index (κ1) is 19.1. The van der Waals surface area contributed by atoms with Crippen molar-refractivity contribution in [3.05, 3.63) is 63.5 Å². The predicted octanol–water partition coefficient (Wildman–Crippen LogP) is 3.27. The van der Waals surface area contributed by atoms with Crippen LogP contribution in [0.5, 0.6) is 0 Å². The molecule has 2 aromatic heterocycles. The minimum atomic E-state index is -0.931. The number of aromatic nitrogens is 4. The normalized spacial score (nSPS) is 10.7. The second-order valence-corrected chi connectivity index (χ2v) is 7.03. The van der Waals surface area contributed by atoms with E-state index in [2.05, 4.69) is 31.4 Å². The second kappa shape index (κ2) is 8.36. The second-order valence-electron chi connectivity index (χ2n) is 5.71. The van der Waals surface area contributed by atoms with Gasteiger partial charge < -0.3 is 10.4 Å². The van der Waals surface area contributed by atoms with Gasteiger partial charge in [0.1, 0.15) is 5.02 Å². The van der Waals surface area contributed by atoms with Gasteiger partial charge in [0.15, 0.2) is 11.5 Å². The van der Waals surface area contributed by atoms with Crippen molar-refractivity contribution in [3.8, 4) is 0 Å². The molecule has 0 saturated carbocycles. The zero-order valence-corrected chi connectivity index (χ0v) is 16.3. The molecule has 0 aliphatic rings. The molecule has 0 saturated heterocycles. The molecule has 1 aromatic carbocycles. The van der Waals surface area contributed by atoms with E-state index >= 15 is 0 Å². The molecule has 10 heteroatoms. The summed E-state index contributed by atoms with van der Waals surface area (Å²) < 4.78 is 4.02. The Hall–Kier alpha value is -2.65. The summed E-state index contributed by atoms with van der Waals surface area (Å²) in [6.07, 6.45) is 3.10. The van der Waals surface area contributed by atoms with Crippen LogP contribution in [-0.2, 0) is 17.9 Å². The maximum absolute atomic E-state index is 12.3. The molecule has 0 radical (unpaired) electrons. The number of hydrogen-bond donors (Lipinski definition) is 2. The molecule has 2 heterocycles. The molecule has 0 aliphatic heterocycles. The SMILES string of the molecule is O=C(O)CCn1ccc(C(=O)Nc2nn(Cc3ccc(Br)cc3)cc2Cl)n1. The van der Waals surface area contributed by atoms with Gasteiger partial charge in [-0.2, -0.15) is 10.2 Å². The lowest BCUT2D eigenvalue weighted by molar-refractivity contribution is -0.137. The highest BCUT2D eigenvalue weighted by Crippen LogP contribution is 2.21. The first-order valence-corrected chi connectivity index (χ1v) is 9.12. The molecule has 8 nitrogen and oxygen atoms in total. The van der Waals surface area contributed by atoms with Crippen molar-refractivity contribution >= 4 is 45.2 Å². The molecular weight excluding hydrogens is 438 g/mol. The summed E-state index contributed by atoms with van der Waals surface area (Å²) in [6, 6.07) is 9.29.